The number of piperidine rings is 1. The molecule has 0 aliphatic carbocycles. The lowest BCUT2D eigenvalue weighted by atomic mass is 9.91. The number of H-pyrrole nitrogens is 1. The normalized spacial score (nSPS) is 14.7. The second-order valence-corrected chi connectivity index (χ2v) is 7.65. The number of nitriles is 1. The van der Waals surface area contributed by atoms with Crippen molar-refractivity contribution in [3.63, 3.8) is 0 Å². The molecule has 0 amide bonds. The first-order valence-electron chi connectivity index (χ1n) is 10.5. The molecule has 0 unspecified atom stereocenters. The molecule has 9 nitrogen and oxygen atoms in total. The lowest BCUT2D eigenvalue weighted by molar-refractivity contribution is -0.122. The number of ether oxygens (including phenoxy) is 1. The summed E-state index contributed by atoms with van der Waals surface area (Å²) in [7, 11) is 2.19. The van der Waals surface area contributed by atoms with Crippen molar-refractivity contribution in [3.05, 3.63) is 11.3 Å². The number of nitrogens with one attached hydrogen (secondary N) is 1. The van der Waals surface area contributed by atoms with E-state index < -0.39 is 0 Å². The highest BCUT2D eigenvalue weighted by Crippen LogP contribution is 2.29. The summed E-state index contributed by atoms with van der Waals surface area (Å²) >= 11 is 0. The average Bonchev–Trinajstić information content (AvgIpc) is 3.09. The number of unbranched alkanes of at least 4 members (excludes halogenated alkanes) is 1. The highest BCUT2D eigenvalue weighted by molar-refractivity contribution is 5.89. The third-order valence-corrected chi connectivity index (χ3v) is 5.47. The Balaban J connectivity index is 0.00000101. The monoisotopic (exact) mass is 416 g/mol. The molecule has 3 heterocycles. The number of likely N-dealkylation sites (tertiary alicyclic amines) is 1. The van der Waals surface area contributed by atoms with Gasteiger partial charge in [-0.3, -0.25) is 4.79 Å². The first-order chi connectivity index (χ1) is 14.5. The summed E-state index contributed by atoms with van der Waals surface area (Å²) in [5.74, 6) is 1.12. The van der Waals surface area contributed by atoms with Crippen molar-refractivity contribution < 1.29 is 14.6 Å². The predicted molar refractivity (Wildman–Crippen MR) is 115 cm³/mol. The van der Waals surface area contributed by atoms with Gasteiger partial charge in [0.15, 0.2) is 5.82 Å². The zero-order valence-corrected chi connectivity index (χ0v) is 17.9. The Morgan fingerprint density at radius 1 is 1.37 bits per heavy atom. The minimum atomic E-state index is -0.250. The van der Waals surface area contributed by atoms with Gasteiger partial charge in [0.25, 0.3) is 6.47 Å². The van der Waals surface area contributed by atoms with Crippen LogP contribution >= 0.6 is 0 Å². The fourth-order valence-electron chi connectivity index (χ4n) is 3.75. The molecular formula is C21H32N6O3. The molecule has 164 valence electrons. The molecule has 1 aliphatic rings. The summed E-state index contributed by atoms with van der Waals surface area (Å²) in [5, 5.41) is 16.4. The van der Waals surface area contributed by atoms with Gasteiger partial charge in [0.1, 0.15) is 22.8 Å². The molecular weight excluding hydrogens is 384 g/mol. The van der Waals surface area contributed by atoms with Gasteiger partial charge in [0.05, 0.1) is 6.61 Å². The third kappa shape index (κ3) is 6.32. The second kappa shape index (κ2) is 12.0. The Morgan fingerprint density at radius 2 is 2.07 bits per heavy atom. The average molecular weight is 417 g/mol. The molecule has 0 radical (unpaired) electrons. The Hall–Kier alpha value is -2.86. The van der Waals surface area contributed by atoms with Gasteiger partial charge in [-0.05, 0) is 58.2 Å². The van der Waals surface area contributed by atoms with Crippen LogP contribution in [0, 0.1) is 17.2 Å². The number of aryl methyl sites for hydroxylation is 1. The summed E-state index contributed by atoms with van der Waals surface area (Å²) in [5.41, 5.74) is 8.93. The quantitative estimate of drug-likeness (QED) is 0.440. The van der Waals surface area contributed by atoms with Crippen LogP contribution in [0.2, 0.25) is 0 Å². The molecule has 0 atom stereocenters. The number of anilines is 1. The van der Waals surface area contributed by atoms with Crippen LogP contribution < -0.4 is 10.5 Å². The van der Waals surface area contributed by atoms with E-state index in [0.717, 1.165) is 42.7 Å². The Kier molecular flexibility index (Phi) is 9.35. The molecule has 9 heteroatoms. The fourth-order valence-corrected chi connectivity index (χ4v) is 3.75. The minimum Gasteiger partial charge on any atom is -0.483 e. The Bertz CT molecular complexity index is 853. The van der Waals surface area contributed by atoms with Crippen LogP contribution in [-0.4, -0.2) is 58.2 Å². The maximum Gasteiger partial charge on any atom is 0.319 e. The molecule has 0 spiro atoms. The maximum atomic E-state index is 9.52. The SMILES string of the molecule is CCCCOc1nc(N)c2[nH]c(C#N)c(CCCC3CCN(C)CC3)c2n1.O=CO. The van der Waals surface area contributed by atoms with Crippen LogP contribution in [0.1, 0.15) is 56.7 Å². The van der Waals surface area contributed by atoms with Gasteiger partial charge < -0.3 is 25.5 Å². The third-order valence-electron chi connectivity index (χ3n) is 5.47. The molecule has 2 aromatic rings. The number of hydrogen-bond donors (Lipinski definition) is 3. The second-order valence-electron chi connectivity index (χ2n) is 7.65. The number of nitrogen functional groups attached to an aromatic ring is 1. The van der Waals surface area contributed by atoms with Crippen molar-refractivity contribution in [3.8, 4) is 12.1 Å². The molecule has 1 fully saturated rings. The summed E-state index contributed by atoms with van der Waals surface area (Å²) in [6.07, 6.45) is 7.57. The number of carboxylic acid groups (broad SMARTS) is 1. The van der Waals surface area contributed by atoms with Crippen molar-refractivity contribution in [1.29, 1.82) is 5.26 Å². The number of rotatable bonds is 8. The van der Waals surface area contributed by atoms with E-state index in [1.807, 2.05) is 0 Å². The highest BCUT2D eigenvalue weighted by atomic mass is 16.5. The topological polar surface area (TPSA) is 141 Å². The largest absolute Gasteiger partial charge is 0.483 e. The van der Waals surface area contributed by atoms with Crippen LogP contribution in [0.5, 0.6) is 6.01 Å². The standard InChI is InChI=1S/C20H30N6O.CH2O2/c1-3-4-12-27-20-24-17-15(16(13-21)23-18(17)19(22)25-20)7-5-6-14-8-10-26(2)11-9-14;2-1-3/h14,23H,3-12H2,1-2H3,(H2,22,24,25);1H,(H,2,3). The number of fused-ring (bicyclic) bond motifs is 1. The summed E-state index contributed by atoms with van der Waals surface area (Å²) in [4.78, 5) is 22.6. The molecule has 30 heavy (non-hydrogen) atoms. The van der Waals surface area contributed by atoms with Crippen molar-refractivity contribution in [2.24, 2.45) is 5.92 Å². The van der Waals surface area contributed by atoms with Crippen LogP contribution in [0.3, 0.4) is 0 Å². The Labute approximate surface area is 177 Å². The summed E-state index contributed by atoms with van der Waals surface area (Å²) in [6.45, 7) is 4.80. The lowest BCUT2D eigenvalue weighted by Crippen LogP contribution is -2.30. The molecule has 0 saturated carbocycles. The van der Waals surface area contributed by atoms with E-state index in [2.05, 4.69) is 39.9 Å². The molecule has 3 rings (SSSR count). The van der Waals surface area contributed by atoms with Crippen LogP contribution in [0.25, 0.3) is 11.0 Å². The minimum absolute atomic E-state index is 0.250. The zero-order valence-electron chi connectivity index (χ0n) is 17.9. The van der Waals surface area contributed by atoms with E-state index in [0.29, 0.717) is 29.6 Å². The van der Waals surface area contributed by atoms with E-state index in [1.165, 1.54) is 32.4 Å². The van der Waals surface area contributed by atoms with E-state index in [9.17, 15) is 5.26 Å². The number of nitrogens with zero attached hydrogens (tertiary/aromatic N) is 4. The molecule has 1 saturated heterocycles. The van der Waals surface area contributed by atoms with Gasteiger partial charge in [0.2, 0.25) is 0 Å². The van der Waals surface area contributed by atoms with Crippen molar-refractivity contribution in [1.82, 2.24) is 19.9 Å². The first kappa shape index (κ1) is 23.4. The molecule has 4 N–H and O–H groups in total. The molecule has 0 aromatic carbocycles. The van der Waals surface area contributed by atoms with E-state index in [1.54, 1.807) is 0 Å². The maximum absolute atomic E-state index is 9.52. The molecule has 2 aromatic heterocycles. The Morgan fingerprint density at radius 3 is 2.70 bits per heavy atom. The fraction of sp³-hybridized carbons (Fsp3) is 0.619. The van der Waals surface area contributed by atoms with Crippen LogP contribution in [-0.2, 0) is 11.2 Å². The van der Waals surface area contributed by atoms with E-state index in [4.69, 9.17) is 20.4 Å². The number of aromatic nitrogens is 3. The van der Waals surface area contributed by atoms with Gasteiger partial charge >= 0.3 is 6.01 Å². The van der Waals surface area contributed by atoms with Crippen molar-refractivity contribution >= 4 is 23.3 Å². The van der Waals surface area contributed by atoms with E-state index in [-0.39, 0.29) is 6.47 Å². The summed E-state index contributed by atoms with van der Waals surface area (Å²) in [6, 6.07) is 2.55. The van der Waals surface area contributed by atoms with Gasteiger partial charge in [0, 0.05) is 5.56 Å². The van der Waals surface area contributed by atoms with Gasteiger partial charge in [-0.1, -0.05) is 19.8 Å². The number of nitrogens with two attached hydrogens (primary N) is 1. The smallest absolute Gasteiger partial charge is 0.319 e. The molecule has 1 aliphatic heterocycles. The highest BCUT2D eigenvalue weighted by Gasteiger charge is 2.19. The van der Waals surface area contributed by atoms with Gasteiger partial charge in [-0.15, -0.1) is 0 Å². The van der Waals surface area contributed by atoms with Crippen molar-refractivity contribution in [2.75, 3.05) is 32.5 Å². The van der Waals surface area contributed by atoms with Gasteiger partial charge in [-0.2, -0.15) is 15.2 Å². The van der Waals surface area contributed by atoms with E-state index >= 15 is 0 Å². The van der Waals surface area contributed by atoms with Gasteiger partial charge in [-0.25, -0.2) is 0 Å². The predicted octanol–water partition coefficient (Wildman–Crippen LogP) is 2.96. The molecule has 0 bridgehead atoms. The number of aromatic amines is 1. The van der Waals surface area contributed by atoms with Crippen molar-refractivity contribution in [2.45, 2.75) is 51.9 Å². The first-order valence-corrected chi connectivity index (χ1v) is 10.5. The number of carbonyl (C=O) groups is 1. The lowest BCUT2D eigenvalue weighted by Gasteiger charge is -2.28. The van der Waals surface area contributed by atoms with Crippen LogP contribution in [0.15, 0.2) is 0 Å². The van der Waals surface area contributed by atoms with Crippen LogP contribution in [0.4, 0.5) is 5.82 Å². The summed E-state index contributed by atoms with van der Waals surface area (Å²) < 4.78 is 5.64. The zero-order chi connectivity index (χ0) is 21.9. The number of hydrogen-bond acceptors (Lipinski definition) is 7.